The van der Waals surface area contributed by atoms with E-state index in [1.807, 2.05) is 11.3 Å². The first-order valence-electron chi connectivity index (χ1n) is 23.6. The highest BCUT2D eigenvalue weighted by Gasteiger charge is 2.05. The fraction of sp³-hybridized carbons (Fsp3) is 0.134. The molecule has 1 heteroatoms. The van der Waals surface area contributed by atoms with E-state index >= 15 is 0 Å². The van der Waals surface area contributed by atoms with E-state index in [0.717, 1.165) is 0 Å². The molecule has 68 heavy (non-hydrogen) atoms. The van der Waals surface area contributed by atoms with Gasteiger partial charge >= 0.3 is 0 Å². The lowest BCUT2D eigenvalue weighted by Crippen LogP contribution is -1.86. The Kier molecular flexibility index (Phi) is 16.7. The first-order valence-corrected chi connectivity index (χ1v) is 24.5. The first-order chi connectivity index (χ1) is 32.9. The van der Waals surface area contributed by atoms with Crippen molar-refractivity contribution >= 4 is 11.3 Å². The maximum absolute atomic E-state index is 2.26. The number of thiophene rings is 1. The van der Waals surface area contributed by atoms with Gasteiger partial charge in [0.05, 0.1) is 0 Å². The molecule has 338 valence electrons. The highest BCUT2D eigenvalue weighted by atomic mass is 32.1. The number of hydrogen-bond donors (Lipinski definition) is 0. The number of aryl methyl sites for hydroxylation is 9. The first kappa shape index (κ1) is 48.6. The minimum absolute atomic E-state index is 1.26. The van der Waals surface area contributed by atoms with Gasteiger partial charge in [-0.25, -0.2) is 0 Å². The zero-order chi connectivity index (χ0) is 48.0. The molecule has 0 unspecified atom stereocenters. The molecule has 10 aromatic rings. The molecular formula is C67H64S. The molecule has 1 heterocycles. The summed E-state index contributed by atoms with van der Waals surface area (Å²) < 4.78 is 0. The standard InChI is InChI=1S/C20H18.C17H14S.C16H18.C14H14/c1-15-3-7-17(8-4-15)19-11-13-20(14-12-19)18-9-5-16(2)6-10-18;1-13-7-9-15(10-8-13)17-12-11-16(18-17)14-5-3-2-4-6-14;1-11-5-7-15(9-13(11)3)16-8-6-12(2)14(4)10-16;1-11-3-7-13(8-4-11)14-9-5-12(2)6-10-14/h3-14H,1-2H3;2-12H,1H3;5-10H,1-4H3;3-10H,1-2H3. The zero-order valence-electron chi connectivity index (χ0n) is 41.3. The van der Waals surface area contributed by atoms with Crippen LogP contribution >= 0.6 is 11.3 Å². The van der Waals surface area contributed by atoms with Crippen molar-refractivity contribution < 1.29 is 0 Å². The van der Waals surface area contributed by atoms with Crippen molar-refractivity contribution in [1.82, 2.24) is 0 Å². The van der Waals surface area contributed by atoms with Crippen molar-refractivity contribution in [1.29, 1.82) is 0 Å². The molecule has 0 bridgehead atoms. The average Bonchev–Trinajstić information content (AvgIpc) is 3.86. The normalized spacial score (nSPS) is 10.4. The molecule has 9 aromatic carbocycles. The maximum Gasteiger partial charge on any atom is 0.0349 e. The fourth-order valence-corrected chi connectivity index (χ4v) is 8.67. The van der Waals surface area contributed by atoms with Crippen molar-refractivity contribution in [3.05, 3.63) is 275 Å². The van der Waals surface area contributed by atoms with Gasteiger partial charge in [0.25, 0.3) is 0 Å². The monoisotopic (exact) mass is 900 g/mol. The van der Waals surface area contributed by atoms with Crippen molar-refractivity contribution in [3.8, 4) is 65.4 Å². The Morgan fingerprint density at radius 2 is 0.426 bits per heavy atom. The summed E-state index contributed by atoms with van der Waals surface area (Å²) in [6.07, 6.45) is 0. The molecule has 0 nitrogen and oxygen atoms in total. The van der Waals surface area contributed by atoms with E-state index in [0.29, 0.717) is 0 Å². The van der Waals surface area contributed by atoms with Crippen molar-refractivity contribution in [2.75, 3.05) is 0 Å². The van der Waals surface area contributed by atoms with Crippen LogP contribution in [0.3, 0.4) is 0 Å². The summed E-state index contributed by atoms with van der Waals surface area (Å²) in [6, 6.07) is 80.3. The molecule has 10 rings (SSSR count). The predicted molar refractivity (Wildman–Crippen MR) is 299 cm³/mol. The maximum atomic E-state index is 2.26. The van der Waals surface area contributed by atoms with Crippen LogP contribution in [0.4, 0.5) is 0 Å². The summed E-state index contributed by atoms with van der Waals surface area (Å²) in [6.45, 7) is 19.2. The van der Waals surface area contributed by atoms with Crippen LogP contribution < -0.4 is 0 Å². The van der Waals surface area contributed by atoms with Gasteiger partial charge in [-0.1, -0.05) is 240 Å². The fourth-order valence-electron chi connectivity index (χ4n) is 7.65. The lowest BCUT2D eigenvalue weighted by molar-refractivity contribution is 1.32. The van der Waals surface area contributed by atoms with Gasteiger partial charge < -0.3 is 0 Å². The lowest BCUT2D eigenvalue weighted by Gasteiger charge is -2.08. The second kappa shape index (κ2) is 23.4. The molecule has 0 spiro atoms. The van der Waals surface area contributed by atoms with Crippen LogP contribution in [0.25, 0.3) is 65.4 Å². The molecule has 0 aliphatic heterocycles. The van der Waals surface area contributed by atoms with Crippen LogP contribution in [0, 0.1) is 62.3 Å². The summed E-state index contributed by atoms with van der Waals surface area (Å²) in [5, 5.41) is 0. The van der Waals surface area contributed by atoms with E-state index in [1.165, 1.54) is 115 Å². The van der Waals surface area contributed by atoms with Gasteiger partial charge in [-0.3, -0.25) is 0 Å². The highest BCUT2D eigenvalue weighted by molar-refractivity contribution is 7.18. The van der Waals surface area contributed by atoms with Gasteiger partial charge in [0.2, 0.25) is 0 Å². The topological polar surface area (TPSA) is 0 Å². The van der Waals surface area contributed by atoms with Crippen molar-refractivity contribution in [3.63, 3.8) is 0 Å². The summed E-state index contributed by atoms with van der Waals surface area (Å²) in [4.78, 5) is 2.65. The number of benzene rings is 9. The molecule has 0 aliphatic carbocycles. The Bertz CT molecular complexity index is 2960. The van der Waals surface area contributed by atoms with Crippen LogP contribution in [-0.2, 0) is 0 Å². The van der Waals surface area contributed by atoms with Gasteiger partial charge in [-0.2, -0.15) is 0 Å². The summed E-state index contributed by atoms with van der Waals surface area (Å²) in [7, 11) is 0. The van der Waals surface area contributed by atoms with Gasteiger partial charge in [-0.05, 0) is 152 Å². The molecule has 0 saturated heterocycles. The third-order valence-corrected chi connectivity index (χ3v) is 13.6. The van der Waals surface area contributed by atoms with Crippen molar-refractivity contribution in [2.24, 2.45) is 0 Å². The van der Waals surface area contributed by atoms with Crippen LogP contribution in [-0.4, -0.2) is 0 Å². The molecule has 0 fully saturated rings. The Balaban J connectivity index is 0.000000135. The molecule has 0 N–H and O–H groups in total. The third-order valence-electron chi connectivity index (χ3n) is 12.4. The third kappa shape index (κ3) is 13.6. The van der Waals surface area contributed by atoms with Gasteiger partial charge in [0.15, 0.2) is 0 Å². The van der Waals surface area contributed by atoms with E-state index < -0.39 is 0 Å². The van der Waals surface area contributed by atoms with Crippen LogP contribution in [0.1, 0.15) is 50.1 Å². The summed E-state index contributed by atoms with van der Waals surface area (Å²) in [5.41, 5.74) is 24.8. The Hall–Kier alpha value is -7.32. The second-order valence-electron chi connectivity index (χ2n) is 18.0. The average molecular weight is 901 g/mol. The predicted octanol–water partition coefficient (Wildman–Crippen LogP) is 19.6. The molecule has 0 atom stereocenters. The van der Waals surface area contributed by atoms with Crippen LogP contribution in [0.15, 0.2) is 224 Å². The number of rotatable bonds is 6. The Morgan fingerprint density at radius 3 is 0.706 bits per heavy atom. The van der Waals surface area contributed by atoms with Gasteiger partial charge in [-0.15, -0.1) is 11.3 Å². The SMILES string of the molecule is Cc1ccc(-c2ccc(-c3ccc(C)cc3)cc2)cc1.Cc1ccc(-c2ccc(-c3ccccc3)s2)cc1.Cc1ccc(-c2ccc(C)c(C)c2)cc1C.Cc1ccc(-c2ccc(C)cc2)cc1. The molecule has 0 saturated carbocycles. The van der Waals surface area contributed by atoms with E-state index in [2.05, 4.69) is 287 Å². The molecule has 1 aromatic heterocycles. The van der Waals surface area contributed by atoms with E-state index in [1.54, 1.807) is 0 Å². The van der Waals surface area contributed by atoms with Crippen LogP contribution in [0.2, 0.25) is 0 Å². The smallest absolute Gasteiger partial charge is 0.0349 e. The quantitative estimate of drug-likeness (QED) is 0.156. The minimum Gasteiger partial charge on any atom is -0.135 e. The molecular weight excluding hydrogens is 837 g/mol. The zero-order valence-corrected chi connectivity index (χ0v) is 42.1. The van der Waals surface area contributed by atoms with Crippen LogP contribution in [0.5, 0.6) is 0 Å². The Morgan fingerprint density at radius 1 is 0.191 bits per heavy atom. The van der Waals surface area contributed by atoms with E-state index in [-0.39, 0.29) is 0 Å². The van der Waals surface area contributed by atoms with E-state index in [4.69, 9.17) is 0 Å². The summed E-state index contributed by atoms with van der Waals surface area (Å²) >= 11 is 1.84. The summed E-state index contributed by atoms with van der Waals surface area (Å²) in [5.74, 6) is 0. The van der Waals surface area contributed by atoms with Crippen molar-refractivity contribution in [2.45, 2.75) is 62.3 Å². The second-order valence-corrected chi connectivity index (χ2v) is 19.1. The molecule has 0 amide bonds. The lowest BCUT2D eigenvalue weighted by atomic mass is 9.98. The van der Waals surface area contributed by atoms with E-state index in [9.17, 15) is 0 Å². The van der Waals surface area contributed by atoms with Gasteiger partial charge in [0.1, 0.15) is 0 Å². The highest BCUT2D eigenvalue weighted by Crippen LogP contribution is 2.34. The Labute approximate surface area is 411 Å². The number of hydrogen-bond acceptors (Lipinski definition) is 1. The minimum atomic E-state index is 1.26. The molecule has 0 aliphatic rings. The van der Waals surface area contributed by atoms with Gasteiger partial charge in [0, 0.05) is 9.75 Å². The largest absolute Gasteiger partial charge is 0.135 e. The molecule has 0 radical (unpaired) electrons.